The fraction of sp³-hybridized carbons (Fsp3) is 0.364. The lowest BCUT2D eigenvalue weighted by molar-refractivity contribution is -0.144. The van der Waals surface area contributed by atoms with Gasteiger partial charge >= 0.3 is 5.97 Å². The van der Waals surface area contributed by atoms with Gasteiger partial charge in [0.2, 0.25) is 0 Å². The minimum Gasteiger partial charge on any atom is -0.480 e. The van der Waals surface area contributed by atoms with Crippen LogP contribution in [0.4, 0.5) is 0 Å². The van der Waals surface area contributed by atoms with E-state index in [9.17, 15) is 9.90 Å². The van der Waals surface area contributed by atoms with Crippen molar-refractivity contribution in [3.05, 3.63) is 34.9 Å². The third-order valence-corrected chi connectivity index (χ3v) is 2.70. The van der Waals surface area contributed by atoms with Crippen molar-refractivity contribution in [2.45, 2.75) is 19.4 Å². The molecule has 0 fully saturated rings. The summed E-state index contributed by atoms with van der Waals surface area (Å²) in [5.74, 6) is -0.933. The highest BCUT2D eigenvalue weighted by atomic mass is 35.5. The number of halogens is 1. The van der Waals surface area contributed by atoms with E-state index >= 15 is 0 Å². The lowest BCUT2D eigenvalue weighted by atomic mass is 9.92. The van der Waals surface area contributed by atoms with Gasteiger partial charge in [-0.1, -0.05) is 36.7 Å². The van der Waals surface area contributed by atoms with E-state index in [1.165, 1.54) is 0 Å². The Kier molecular flexibility index (Phi) is 3.72. The molecule has 0 aliphatic carbocycles. The lowest BCUT2D eigenvalue weighted by Crippen LogP contribution is -2.46. The summed E-state index contributed by atoms with van der Waals surface area (Å²) >= 11 is 5.99. The number of benzene rings is 1. The van der Waals surface area contributed by atoms with Gasteiger partial charge in [-0.3, -0.25) is 5.32 Å². The molecule has 4 heteroatoms. The van der Waals surface area contributed by atoms with Gasteiger partial charge in [-0.25, -0.2) is 4.79 Å². The highest BCUT2D eigenvalue weighted by Crippen LogP contribution is 2.27. The molecule has 0 spiro atoms. The van der Waals surface area contributed by atoms with Crippen molar-refractivity contribution in [1.29, 1.82) is 0 Å². The van der Waals surface area contributed by atoms with Crippen LogP contribution >= 0.6 is 11.6 Å². The van der Waals surface area contributed by atoms with E-state index in [4.69, 9.17) is 11.6 Å². The Morgan fingerprint density at radius 2 is 2.13 bits per heavy atom. The van der Waals surface area contributed by atoms with Gasteiger partial charge < -0.3 is 5.11 Å². The van der Waals surface area contributed by atoms with E-state index in [0.717, 1.165) is 0 Å². The maximum Gasteiger partial charge on any atom is 0.328 e. The van der Waals surface area contributed by atoms with Gasteiger partial charge in [0.25, 0.3) is 0 Å². The average molecular weight is 228 g/mol. The standard InChI is InChI=1S/C11H14ClNO2/c1-3-13-11(2,10(14)15)8-6-4-5-7-9(8)12/h4-7,13H,3H2,1-2H3,(H,14,15). The third-order valence-electron chi connectivity index (χ3n) is 2.37. The smallest absolute Gasteiger partial charge is 0.328 e. The molecule has 1 atom stereocenters. The summed E-state index contributed by atoms with van der Waals surface area (Å²) in [4.78, 5) is 11.2. The van der Waals surface area contributed by atoms with E-state index in [1.54, 1.807) is 31.2 Å². The number of hydrogen-bond acceptors (Lipinski definition) is 2. The van der Waals surface area contributed by atoms with Gasteiger partial charge in [-0.05, 0) is 19.5 Å². The Morgan fingerprint density at radius 1 is 1.53 bits per heavy atom. The zero-order chi connectivity index (χ0) is 11.5. The predicted octanol–water partition coefficient (Wildman–Crippen LogP) is 2.25. The van der Waals surface area contributed by atoms with Gasteiger partial charge in [0.15, 0.2) is 0 Å². The summed E-state index contributed by atoms with van der Waals surface area (Å²) in [6, 6.07) is 6.97. The normalized spacial score (nSPS) is 14.6. The van der Waals surface area contributed by atoms with Gasteiger partial charge in [0.1, 0.15) is 5.54 Å². The molecule has 0 aliphatic rings. The Hall–Kier alpha value is -1.06. The molecule has 0 heterocycles. The largest absolute Gasteiger partial charge is 0.480 e. The van der Waals surface area contributed by atoms with Crippen molar-refractivity contribution < 1.29 is 9.90 Å². The maximum absolute atomic E-state index is 11.2. The van der Waals surface area contributed by atoms with Crippen molar-refractivity contribution in [3.63, 3.8) is 0 Å². The number of aliphatic carboxylic acids is 1. The fourth-order valence-electron chi connectivity index (χ4n) is 1.51. The molecule has 1 aromatic carbocycles. The molecule has 82 valence electrons. The molecule has 0 aliphatic heterocycles. The van der Waals surface area contributed by atoms with Crippen molar-refractivity contribution >= 4 is 17.6 Å². The number of nitrogens with one attached hydrogen (secondary N) is 1. The van der Waals surface area contributed by atoms with Crippen LogP contribution in [0, 0.1) is 0 Å². The SMILES string of the molecule is CCNC(C)(C(=O)O)c1ccccc1Cl. The first-order valence-corrected chi connectivity index (χ1v) is 5.13. The molecular formula is C11H14ClNO2. The Bertz CT molecular complexity index is 367. The molecule has 0 radical (unpaired) electrons. The Morgan fingerprint density at radius 3 is 2.60 bits per heavy atom. The van der Waals surface area contributed by atoms with Crippen LogP contribution in [-0.2, 0) is 10.3 Å². The van der Waals surface area contributed by atoms with Gasteiger partial charge in [0.05, 0.1) is 0 Å². The lowest BCUT2D eigenvalue weighted by Gasteiger charge is -2.27. The quantitative estimate of drug-likeness (QED) is 0.830. The zero-order valence-electron chi connectivity index (χ0n) is 8.75. The monoisotopic (exact) mass is 227 g/mol. The molecule has 0 saturated heterocycles. The van der Waals surface area contributed by atoms with Gasteiger partial charge in [-0.2, -0.15) is 0 Å². The van der Waals surface area contributed by atoms with E-state index < -0.39 is 11.5 Å². The molecule has 2 N–H and O–H groups in total. The van der Waals surface area contributed by atoms with Crippen LogP contribution in [0.1, 0.15) is 19.4 Å². The summed E-state index contributed by atoms with van der Waals surface area (Å²) in [5.41, 5.74) is -0.548. The van der Waals surface area contributed by atoms with Crippen LogP contribution in [0.5, 0.6) is 0 Å². The van der Waals surface area contributed by atoms with Gasteiger partial charge in [0, 0.05) is 10.6 Å². The number of carboxylic acid groups (broad SMARTS) is 1. The van der Waals surface area contributed by atoms with E-state index in [0.29, 0.717) is 17.1 Å². The Balaban J connectivity index is 3.21. The summed E-state index contributed by atoms with van der Waals surface area (Å²) < 4.78 is 0. The molecule has 0 amide bonds. The molecule has 1 unspecified atom stereocenters. The van der Waals surface area contributed by atoms with E-state index in [1.807, 2.05) is 6.92 Å². The summed E-state index contributed by atoms with van der Waals surface area (Å²) in [7, 11) is 0. The minimum atomic E-state index is -1.13. The van der Waals surface area contributed by atoms with Crippen molar-refractivity contribution in [2.75, 3.05) is 6.54 Å². The molecule has 0 aromatic heterocycles. The summed E-state index contributed by atoms with van der Waals surface area (Å²) in [5, 5.41) is 12.6. The number of rotatable bonds is 4. The molecule has 1 rings (SSSR count). The second-order valence-electron chi connectivity index (χ2n) is 3.44. The predicted molar refractivity (Wildman–Crippen MR) is 60.1 cm³/mol. The number of likely N-dealkylation sites (N-methyl/N-ethyl adjacent to an activating group) is 1. The molecule has 15 heavy (non-hydrogen) atoms. The Labute approximate surface area is 94.1 Å². The summed E-state index contributed by atoms with van der Waals surface area (Å²) in [6.45, 7) is 4.03. The molecule has 0 bridgehead atoms. The summed E-state index contributed by atoms with van der Waals surface area (Å²) in [6.07, 6.45) is 0. The van der Waals surface area contributed by atoms with Crippen molar-refractivity contribution in [2.24, 2.45) is 0 Å². The van der Waals surface area contributed by atoms with Crippen molar-refractivity contribution in [3.8, 4) is 0 Å². The van der Waals surface area contributed by atoms with Crippen LogP contribution in [0.2, 0.25) is 5.02 Å². The number of hydrogen-bond donors (Lipinski definition) is 2. The van der Waals surface area contributed by atoms with Crippen LogP contribution in [0.25, 0.3) is 0 Å². The van der Waals surface area contributed by atoms with Crippen molar-refractivity contribution in [1.82, 2.24) is 5.32 Å². The highest BCUT2D eigenvalue weighted by Gasteiger charge is 2.35. The van der Waals surface area contributed by atoms with E-state index in [2.05, 4.69) is 5.32 Å². The topological polar surface area (TPSA) is 49.3 Å². The highest BCUT2D eigenvalue weighted by molar-refractivity contribution is 6.31. The first-order chi connectivity index (χ1) is 7.02. The van der Waals surface area contributed by atoms with Crippen LogP contribution < -0.4 is 5.32 Å². The second kappa shape index (κ2) is 4.64. The zero-order valence-corrected chi connectivity index (χ0v) is 9.51. The molecule has 1 aromatic rings. The first kappa shape index (κ1) is 12.0. The van der Waals surface area contributed by atoms with Crippen LogP contribution in [0.3, 0.4) is 0 Å². The fourth-order valence-corrected chi connectivity index (χ4v) is 1.83. The third kappa shape index (κ3) is 2.30. The van der Waals surface area contributed by atoms with Gasteiger partial charge in [-0.15, -0.1) is 0 Å². The second-order valence-corrected chi connectivity index (χ2v) is 3.85. The average Bonchev–Trinajstić information content (AvgIpc) is 2.18. The molecule has 0 saturated carbocycles. The van der Waals surface area contributed by atoms with Crippen LogP contribution in [-0.4, -0.2) is 17.6 Å². The maximum atomic E-state index is 11.2. The van der Waals surface area contributed by atoms with E-state index in [-0.39, 0.29) is 0 Å². The number of carbonyl (C=O) groups is 1. The number of carboxylic acids is 1. The minimum absolute atomic E-state index is 0.461. The molecule has 3 nitrogen and oxygen atoms in total. The molecular weight excluding hydrogens is 214 g/mol. The van der Waals surface area contributed by atoms with Crippen LogP contribution in [0.15, 0.2) is 24.3 Å². The first-order valence-electron chi connectivity index (χ1n) is 4.75.